The van der Waals surface area contributed by atoms with Crippen molar-refractivity contribution in [2.75, 3.05) is 12.0 Å². The van der Waals surface area contributed by atoms with E-state index in [1.807, 2.05) is 24.3 Å². The second-order valence-electron chi connectivity index (χ2n) is 2.47. The Morgan fingerprint density at radius 3 is 3.00 bits per heavy atom. The van der Waals surface area contributed by atoms with Crippen LogP contribution in [0.15, 0.2) is 24.3 Å². The van der Waals surface area contributed by atoms with Crippen LogP contribution >= 0.6 is 22.6 Å². The van der Waals surface area contributed by atoms with Crippen LogP contribution < -0.4 is 5.32 Å². The van der Waals surface area contributed by atoms with Gasteiger partial charge < -0.3 is 10.1 Å². The van der Waals surface area contributed by atoms with Gasteiger partial charge in [0.1, 0.15) is 0 Å². The molecule has 1 N–H and O–H groups in total. The average Bonchev–Trinajstić information content (AvgIpc) is 2.03. The van der Waals surface area contributed by atoms with Crippen molar-refractivity contribution in [2.24, 2.45) is 0 Å². The Morgan fingerprint density at radius 2 is 2.38 bits per heavy atom. The molecule has 1 aromatic carbocycles. The normalized spacial score (nSPS) is 9.38. The molecule has 0 aromatic heterocycles. The predicted octanol–water partition coefficient (Wildman–Crippen LogP) is 2.22. The summed E-state index contributed by atoms with van der Waals surface area (Å²) in [7, 11) is 0. The Balaban J connectivity index is 2.41. The first-order valence-electron chi connectivity index (χ1n) is 3.81. The maximum Gasteiger partial charge on any atom is 0.304 e. The second kappa shape index (κ2) is 5.06. The third kappa shape index (κ3) is 4.12. The molecule has 0 unspecified atom stereocenters. The third-order valence-electron chi connectivity index (χ3n) is 1.38. The van der Waals surface area contributed by atoms with E-state index in [0.717, 1.165) is 9.26 Å². The van der Waals surface area contributed by atoms with Gasteiger partial charge in [0, 0.05) is 16.2 Å². The van der Waals surface area contributed by atoms with Crippen LogP contribution in [0.3, 0.4) is 0 Å². The van der Waals surface area contributed by atoms with Crippen LogP contribution in [0.2, 0.25) is 0 Å². The predicted molar refractivity (Wildman–Crippen MR) is 59.4 cm³/mol. The van der Waals surface area contributed by atoms with Crippen LogP contribution in [-0.4, -0.2) is 12.7 Å². The van der Waals surface area contributed by atoms with Gasteiger partial charge in [-0.25, -0.2) is 0 Å². The van der Waals surface area contributed by atoms with Gasteiger partial charge in [-0.1, -0.05) is 6.07 Å². The highest BCUT2D eigenvalue weighted by atomic mass is 127. The zero-order valence-corrected chi connectivity index (χ0v) is 9.37. The van der Waals surface area contributed by atoms with Gasteiger partial charge in [0.15, 0.2) is 6.73 Å². The van der Waals surface area contributed by atoms with Gasteiger partial charge in [0.25, 0.3) is 0 Å². The monoisotopic (exact) mass is 291 g/mol. The highest BCUT2D eigenvalue weighted by molar-refractivity contribution is 14.1. The Labute approximate surface area is 90.6 Å². The molecular formula is C9H10INO2. The maximum atomic E-state index is 10.4. The molecule has 0 bridgehead atoms. The summed E-state index contributed by atoms with van der Waals surface area (Å²) in [4.78, 5) is 10.4. The van der Waals surface area contributed by atoms with E-state index in [1.165, 1.54) is 6.92 Å². The quantitative estimate of drug-likeness (QED) is 0.527. The minimum atomic E-state index is -0.280. The summed E-state index contributed by atoms with van der Waals surface area (Å²) in [6.07, 6.45) is 0. The summed E-state index contributed by atoms with van der Waals surface area (Å²) in [5, 5.41) is 2.97. The Morgan fingerprint density at radius 1 is 1.62 bits per heavy atom. The van der Waals surface area contributed by atoms with Crippen molar-refractivity contribution in [1.29, 1.82) is 0 Å². The molecule has 0 aliphatic carbocycles. The van der Waals surface area contributed by atoms with Gasteiger partial charge >= 0.3 is 5.97 Å². The molecule has 1 aromatic rings. The number of carbonyl (C=O) groups excluding carboxylic acids is 1. The van der Waals surface area contributed by atoms with Gasteiger partial charge in [0.2, 0.25) is 0 Å². The van der Waals surface area contributed by atoms with Crippen LogP contribution in [0.4, 0.5) is 5.69 Å². The number of rotatable bonds is 3. The van der Waals surface area contributed by atoms with Crippen LogP contribution in [0.5, 0.6) is 0 Å². The molecule has 0 amide bonds. The zero-order chi connectivity index (χ0) is 9.68. The molecule has 0 fully saturated rings. The minimum absolute atomic E-state index is 0.218. The lowest BCUT2D eigenvalue weighted by atomic mass is 10.3. The summed E-state index contributed by atoms with van der Waals surface area (Å²) in [6.45, 7) is 1.60. The number of hydrogen-bond donors (Lipinski definition) is 1. The van der Waals surface area contributed by atoms with Crippen molar-refractivity contribution in [3.63, 3.8) is 0 Å². The van der Waals surface area contributed by atoms with E-state index in [0.29, 0.717) is 0 Å². The van der Waals surface area contributed by atoms with Gasteiger partial charge in [0.05, 0.1) is 0 Å². The number of nitrogens with one attached hydrogen (secondary N) is 1. The molecule has 13 heavy (non-hydrogen) atoms. The first kappa shape index (κ1) is 10.3. The van der Waals surface area contributed by atoms with E-state index in [4.69, 9.17) is 4.74 Å². The number of ether oxygens (including phenoxy) is 1. The molecule has 0 saturated carbocycles. The lowest BCUT2D eigenvalue weighted by molar-refractivity contribution is -0.140. The topological polar surface area (TPSA) is 38.3 Å². The molecule has 3 nitrogen and oxygen atoms in total. The molecule has 0 heterocycles. The van der Waals surface area contributed by atoms with E-state index in [-0.39, 0.29) is 12.7 Å². The molecule has 4 heteroatoms. The van der Waals surface area contributed by atoms with Gasteiger partial charge in [-0.15, -0.1) is 0 Å². The fourth-order valence-electron chi connectivity index (χ4n) is 0.819. The van der Waals surface area contributed by atoms with Crippen LogP contribution in [-0.2, 0) is 9.53 Å². The SMILES string of the molecule is CC(=O)OCNc1cccc(I)c1. The molecule has 0 saturated heterocycles. The fraction of sp³-hybridized carbons (Fsp3) is 0.222. The second-order valence-corrected chi connectivity index (χ2v) is 3.71. The van der Waals surface area contributed by atoms with Crippen LogP contribution in [0.1, 0.15) is 6.92 Å². The largest absolute Gasteiger partial charge is 0.445 e. The van der Waals surface area contributed by atoms with E-state index in [1.54, 1.807) is 0 Å². The Kier molecular flexibility index (Phi) is 4.01. The van der Waals surface area contributed by atoms with Crippen molar-refractivity contribution < 1.29 is 9.53 Å². The number of anilines is 1. The van der Waals surface area contributed by atoms with Crippen molar-refractivity contribution in [3.05, 3.63) is 27.8 Å². The van der Waals surface area contributed by atoms with Gasteiger partial charge in [-0.2, -0.15) is 0 Å². The molecule has 0 radical (unpaired) electrons. The molecule has 0 spiro atoms. The molecule has 0 aliphatic heterocycles. The highest BCUT2D eigenvalue weighted by Gasteiger charge is 1.93. The summed E-state index contributed by atoms with van der Waals surface area (Å²) in [5.41, 5.74) is 0.952. The number of carbonyl (C=O) groups is 1. The zero-order valence-electron chi connectivity index (χ0n) is 7.21. The summed E-state index contributed by atoms with van der Waals surface area (Å²) in [6, 6.07) is 7.84. The minimum Gasteiger partial charge on any atom is -0.445 e. The van der Waals surface area contributed by atoms with Gasteiger partial charge in [-0.05, 0) is 40.8 Å². The molecular weight excluding hydrogens is 281 g/mol. The lowest BCUT2D eigenvalue weighted by Gasteiger charge is -2.05. The highest BCUT2D eigenvalue weighted by Crippen LogP contribution is 2.11. The standard InChI is InChI=1S/C9H10INO2/c1-7(12)13-6-11-9-4-2-3-8(10)5-9/h2-5,11H,6H2,1H3. The number of hydrogen-bond acceptors (Lipinski definition) is 3. The molecule has 0 aliphatic rings. The Hall–Kier alpha value is -0.780. The lowest BCUT2D eigenvalue weighted by Crippen LogP contribution is -2.09. The summed E-state index contributed by atoms with van der Waals surface area (Å²) >= 11 is 2.22. The number of esters is 1. The first-order chi connectivity index (χ1) is 6.18. The summed E-state index contributed by atoms with van der Waals surface area (Å²) in [5.74, 6) is -0.280. The van der Waals surface area contributed by atoms with Crippen molar-refractivity contribution in [2.45, 2.75) is 6.92 Å². The fourth-order valence-corrected chi connectivity index (χ4v) is 1.36. The van der Waals surface area contributed by atoms with E-state index in [9.17, 15) is 4.79 Å². The van der Waals surface area contributed by atoms with Crippen molar-refractivity contribution in [1.82, 2.24) is 0 Å². The Bertz CT molecular complexity index is 301. The molecule has 70 valence electrons. The number of halogens is 1. The van der Waals surface area contributed by atoms with E-state index in [2.05, 4.69) is 27.9 Å². The van der Waals surface area contributed by atoms with Crippen molar-refractivity contribution in [3.8, 4) is 0 Å². The number of benzene rings is 1. The van der Waals surface area contributed by atoms with E-state index < -0.39 is 0 Å². The van der Waals surface area contributed by atoms with Crippen LogP contribution in [0, 0.1) is 3.57 Å². The summed E-state index contributed by atoms with van der Waals surface area (Å²) < 4.78 is 5.88. The first-order valence-corrected chi connectivity index (χ1v) is 4.89. The smallest absolute Gasteiger partial charge is 0.304 e. The van der Waals surface area contributed by atoms with Crippen molar-refractivity contribution >= 4 is 34.2 Å². The van der Waals surface area contributed by atoms with E-state index >= 15 is 0 Å². The average molecular weight is 291 g/mol. The van der Waals surface area contributed by atoms with Gasteiger partial charge in [-0.3, -0.25) is 4.79 Å². The third-order valence-corrected chi connectivity index (χ3v) is 2.05. The van der Waals surface area contributed by atoms with Crippen LogP contribution in [0.25, 0.3) is 0 Å². The molecule has 1 rings (SSSR count). The maximum absolute atomic E-state index is 10.4. The molecule has 0 atom stereocenters.